The fourth-order valence-electron chi connectivity index (χ4n) is 0.273. The minimum absolute atomic E-state index is 0.551. The van der Waals surface area contributed by atoms with Crippen LogP contribution in [-0.2, 0) is 0 Å². The van der Waals surface area contributed by atoms with Crippen LogP contribution in [0.25, 0.3) is 0 Å². The average Bonchev–Trinajstić information content (AvgIpc) is 2.19. The molecule has 1 heterocycles. The van der Waals surface area contributed by atoms with Crippen LogP contribution < -0.4 is 0 Å². The molecule has 0 saturated heterocycles. The summed E-state index contributed by atoms with van der Waals surface area (Å²) in [5.41, 5.74) is 0. The van der Waals surface area contributed by atoms with E-state index in [2.05, 4.69) is 9.36 Å². The third kappa shape index (κ3) is 1.61. The first-order valence-electron chi connectivity index (χ1n) is 1.89. The summed E-state index contributed by atoms with van der Waals surface area (Å²) >= 11 is 8.25. The normalized spacial score (nSPS) is 9.62. The molecule has 0 radical (unpaired) electrons. The minimum Gasteiger partial charge on any atom is -0.216 e. The van der Waals surface area contributed by atoms with E-state index in [0.717, 1.165) is 4.34 Å². The number of rotatable bonds is 2. The van der Waals surface area contributed by atoms with Gasteiger partial charge in [0.1, 0.15) is 6.33 Å². The molecule has 0 aliphatic carbocycles. The largest absolute Gasteiger partial charge is 0.216 e. The number of nitrogens with zero attached hydrogens (tertiary/aromatic N) is 2. The molecule has 1 aromatic rings. The van der Waals surface area contributed by atoms with Crippen molar-refractivity contribution in [3.05, 3.63) is 6.33 Å². The zero-order valence-corrected chi connectivity index (χ0v) is 6.26. The second-order valence-electron chi connectivity index (χ2n) is 0.961. The molecule has 0 aliphatic rings. The summed E-state index contributed by atoms with van der Waals surface area (Å²) in [6, 6.07) is 0. The van der Waals surface area contributed by atoms with Crippen LogP contribution in [0, 0.1) is 0 Å². The molecule has 0 bridgehead atoms. The van der Waals surface area contributed by atoms with Gasteiger partial charge in [0, 0.05) is 0 Å². The lowest BCUT2D eigenvalue weighted by molar-refractivity contribution is 1.22. The predicted octanol–water partition coefficient (Wildman–Crippen LogP) is 1.83. The van der Waals surface area contributed by atoms with Gasteiger partial charge in [-0.25, -0.2) is 4.98 Å². The van der Waals surface area contributed by atoms with Crippen molar-refractivity contribution in [1.29, 1.82) is 0 Å². The fraction of sp³-hybridized carbons (Fsp3) is 0.333. The molecule has 2 nitrogen and oxygen atoms in total. The van der Waals surface area contributed by atoms with Crippen molar-refractivity contribution < 1.29 is 0 Å². The van der Waals surface area contributed by atoms with Gasteiger partial charge in [0.05, 0.1) is 5.21 Å². The van der Waals surface area contributed by atoms with Crippen LogP contribution in [0.4, 0.5) is 0 Å². The van der Waals surface area contributed by atoms with E-state index in [1.165, 1.54) is 29.6 Å². The Balaban J connectivity index is 2.50. The fourth-order valence-corrected chi connectivity index (χ4v) is 1.79. The van der Waals surface area contributed by atoms with Gasteiger partial charge in [-0.2, -0.15) is 4.37 Å². The molecule has 0 atom stereocenters. The predicted molar refractivity (Wildman–Crippen MR) is 36.5 cm³/mol. The zero-order valence-electron chi connectivity index (χ0n) is 3.87. The molecule has 0 N–H and O–H groups in total. The van der Waals surface area contributed by atoms with E-state index in [0.29, 0.717) is 5.21 Å². The van der Waals surface area contributed by atoms with E-state index in [-0.39, 0.29) is 0 Å². The van der Waals surface area contributed by atoms with Crippen LogP contribution in [-0.4, -0.2) is 14.6 Å². The highest BCUT2D eigenvalue weighted by Crippen LogP contribution is 2.18. The summed E-state index contributed by atoms with van der Waals surface area (Å²) in [6.45, 7) is 0. The Bertz CT molecular complexity index is 141. The maximum atomic E-state index is 5.39. The van der Waals surface area contributed by atoms with E-state index in [9.17, 15) is 0 Å². The molecule has 0 aliphatic heterocycles. The molecule has 0 aromatic carbocycles. The second kappa shape index (κ2) is 3.27. The molecule has 1 rings (SSSR count). The summed E-state index contributed by atoms with van der Waals surface area (Å²) in [4.78, 5) is 3.89. The molecule has 0 unspecified atom stereocenters. The van der Waals surface area contributed by atoms with Gasteiger partial charge in [-0.15, -0.1) is 11.6 Å². The first-order chi connectivity index (χ1) is 3.93. The van der Waals surface area contributed by atoms with Gasteiger partial charge in [-0.1, -0.05) is 11.8 Å². The Kier molecular flexibility index (Phi) is 2.58. The summed E-state index contributed by atoms with van der Waals surface area (Å²) < 4.78 is 4.72. The number of halogens is 1. The van der Waals surface area contributed by atoms with Crippen molar-refractivity contribution in [2.45, 2.75) is 4.34 Å². The Hall–Kier alpha value is 0.200. The van der Waals surface area contributed by atoms with E-state index in [4.69, 9.17) is 11.6 Å². The molecule has 1 aromatic heterocycles. The maximum Gasteiger partial charge on any atom is 0.170 e. The quantitative estimate of drug-likeness (QED) is 0.495. The summed E-state index contributed by atoms with van der Waals surface area (Å²) in [6.07, 6.45) is 1.53. The van der Waals surface area contributed by atoms with Crippen molar-refractivity contribution >= 4 is 34.9 Å². The van der Waals surface area contributed by atoms with Gasteiger partial charge in [-0.05, 0) is 11.5 Å². The van der Waals surface area contributed by atoms with Crippen molar-refractivity contribution in [2.75, 3.05) is 5.21 Å². The highest BCUT2D eigenvalue weighted by atomic mass is 35.5. The zero-order chi connectivity index (χ0) is 5.82. The molecular weight excluding hydrogens is 164 g/mol. The third-order valence-corrected chi connectivity index (χ3v) is 2.35. The van der Waals surface area contributed by atoms with E-state index < -0.39 is 0 Å². The topological polar surface area (TPSA) is 25.8 Å². The van der Waals surface area contributed by atoms with Crippen LogP contribution in [0.3, 0.4) is 0 Å². The van der Waals surface area contributed by atoms with Crippen molar-refractivity contribution in [2.24, 2.45) is 0 Å². The summed E-state index contributed by atoms with van der Waals surface area (Å²) in [7, 11) is 0. The van der Waals surface area contributed by atoms with Crippen LogP contribution in [0.5, 0.6) is 0 Å². The third-order valence-electron chi connectivity index (χ3n) is 0.519. The van der Waals surface area contributed by atoms with Gasteiger partial charge >= 0.3 is 0 Å². The summed E-state index contributed by atoms with van der Waals surface area (Å²) in [5.74, 6) is 0. The smallest absolute Gasteiger partial charge is 0.170 e. The van der Waals surface area contributed by atoms with Crippen molar-refractivity contribution in [3.63, 3.8) is 0 Å². The van der Waals surface area contributed by atoms with Crippen LogP contribution in [0.15, 0.2) is 10.7 Å². The Labute approximate surface area is 60.4 Å². The van der Waals surface area contributed by atoms with Gasteiger partial charge < -0.3 is 0 Å². The molecule has 44 valence electrons. The number of alkyl halides is 1. The average molecular weight is 167 g/mol. The van der Waals surface area contributed by atoms with Gasteiger partial charge in [0.25, 0.3) is 0 Å². The van der Waals surface area contributed by atoms with E-state index >= 15 is 0 Å². The van der Waals surface area contributed by atoms with Crippen LogP contribution in [0.1, 0.15) is 0 Å². The van der Waals surface area contributed by atoms with Crippen LogP contribution >= 0.6 is 34.9 Å². The van der Waals surface area contributed by atoms with Crippen molar-refractivity contribution in [1.82, 2.24) is 9.36 Å². The Morgan fingerprint density at radius 2 is 2.75 bits per heavy atom. The van der Waals surface area contributed by atoms with E-state index in [1.54, 1.807) is 0 Å². The molecule has 0 spiro atoms. The lowest BCUT2D eigenvalue weighted by Gasteiger charge is -1.81. The first kappa shape index (κ1) is 6.32. The van der Waals surface area contributed by atoms with Gasteiger partial charge in [-0.3, -0.25) is 0 Å². The SMILES string of the molecule is ClCSc1ncns1. The highest BCUT2D eigenvalue weighted by molar-refractivity contribution is 8.01. The number of aromatic nitrogens is 2. The Morgan fingerprint density at radius 1 is 1.88 bits per heavy atom. The maximum absolute atomic E-state index is 5.39. The lowest BCUT2D eigenvalue weighted by atomic mass is 11.3. The van der Waals surface area contributed by atoms with Crippen molar-refractivity contribution in [3.8, 4) is 0 Å². The number of thioether (sulfide) groups is 1. The molecule has 5 heteroatoms. The van der Waals surface area contributed by atoms with E-state index in [1.807, 2.05) is 0 Å². The standard InChI is InChI=1S/C3H3ClN2S2/c4-1-7-3-5-2-6-8-3/h2H,1H2. The molecule has 0 fully saturated rings. The minimum atomic E-state index is 0.551. The molecule has 0 amide bonds. The molecular formula is C3H3ClN2S2. The number of hydrogen-bond donors (Lipinski definition) is 0. The molecule has 8 heavy (non-hydrogen) atoms. The lowest BCUT2D eigenvalue weighted by Crippen LogP contribution is -1.62. The number of hydrogen-bond acceptors (Lipinski definition) is 4. The van der Waals surface area contributed by atoms with Crippen LogP contribution in [0.2, 0.25) is 0 Å². The monoisotopic (exact) mass is 166 g/mol. The second-order valence-corrected chi connectivity index (χ2v) is 3.55. The first-order valence-corrected chi connectivity index (χ1v) is 4.18. The molecule has 0 saturated carbocycles. The van der Waals surface area contributed by atoms with Gasteiger partial charge in [0.15, 0.2) is 4.34 Å². The summed E-state index contributed by atoms with van der Waals surface area (Å²) in [5, 5.41) is 0.551. The highest BCUT2D eigenvalue weighted by Gasteiger charge is 1.92. The Morgan fingerprint density at radius 3 is 3.25 bits per heavy atom. The van der Waals surface area contributed by atoms with Gasteiger partial charge in [0.2, 0.25) is 0 Å².